The number of hydrogen-bond acceptors (Lipinski definition) is 4. The van der Waals surface area contributed by atoms with Gasteiger partial charge >= 0.3 is 5.97 Å². The fourth-order valence-electron chi connectivity index (χ4n) is 2.09. The Morgan fingerprint density at radius 2 is 2.00 bits per heavy atom. The Labute approximate surface area is 124 Å². The van der Waals surface area contributed by atoms with Gasteiger partial charge < -0.3 is 5.11 Å². The van der Waals surface area contributed by atoms with Crippen molar-refractivity contribution in [2.75, 3.05) is 13.6 Å². The van der Waals surface area contributed by atoms with Gasteiger partial charge in [-0.25, -0.2) is 8.42 Å². The standard InChI is InChI=1S/C13H21N3O4S/c1-9(2)8-15(5)21(19,20)13-10(3)14-16(11(13)4)7-6-12(17)18/h1,6-8H2,2-5H3,(H,17,18). The van der Waals surface area contributed by atoms with Crippen molar-refractivity contribution in [1.29, 1.82) is 0 Å². The van der Waals surface area contributed by atoms with Gasteiger partial charge in [-0.3, -0.25) is 9.48 Å². The first-order chi connectivity index (χ1) is 9.57. The lowest BCUT2D eigenvalue weighted by atomic mass is 10.4. The van der Waals surface area contributed by atoms with Crippen LogP contribution in [-0.4, -0.2) is 47.2 Å². The zero-order chi connectivity index (χ0) is 16.4. The minimum atomic E-state index is -3.67. The van der Waals surface area contributed by atoms with E-state index >= 15 is 0 Å². The molecular weight excluding hydrogens is 294 g/mol. The lowest BCUT2D eigenvalue weighted by Gasteiger charge is -2.17. The molecule has 1 rings (SSSR count). The minimum absolute atomic E-state index is 0.108. The number of aryl methyl sites for hydroxylation is 2. The van der Waals surface area contributed by atoms with Crippen LogP contribution in [0.1, 0.15) is 24.7 Å². The summed E-state index contributed by atoms with van der Waals surface area (Å²) in [6.45, 7) is 9.06. The maximum atomic E-state index is 12.6. The third kappa shape index (κ3) is 3.92. The molecule has 0 aliphatic heterocycles. The third-order valence-electron chi connectivity index (χ3n) is 3.01. The summed E-state index contributed by atoms with van der Waals surface area (Å²) in [6.07, 6.45) is -0.108. The van der Waals surface area contributed by atoms with Crippen LogP contribution in [0.15, 0.2) is 17.0 Å². The Morgan fingerprint density at radius 3 is 2.48 bits per heavy atom. The van der Waals surface area contributed by atoms with E-state index in [0.29, 0.717) is 11.4 Å². The van der Waals surface area contributed by atoms with Gasteiger partial charge in [-0.05, 0) is 20.8 Å². The molecule has 7 nitrogen and oxygen atoms in total. The number of sulfonamides is 1. The van der Waals surface area contributed by atoms with Crippen LogP contribution >= 0.6 is 0 Å². The van der Waals surface area contributed by atoms with E-state index < -0.39 is 16.0 Å². The number of hydrogen-bond donors (Lipinski definition) is 1. The molecule has 0 amide bonds. The van der Waals surface area contributed by atoms with E-state index in [0.717, 1.165) is 5.57 Å². The van der Waals surface area contributed by atoms with Gasteiger partial charge in [-0.1, -0.05) is 12.2 Å². The van der Waals surface area contributed by atoms with Crippen LogP contribution in [0.25, 0.3) is 0 Å². The normalized spacial score (nSPS) is 11.9. The molecule has 1 heterocycles. The van der Waals surface area contributed by atoms with Crippen molar-refractivity contribution >= 4 is 16.0 Å². The highest BCUT2D eigenvalue weighted by atomic mass is 32.2. The van der Waals surface area contributed by atoms with Gasteiger partial charge in [0.05, 0.1) is 24.4 Å². The molecule has 0 aliphatic rings. The van der Waals surface area contributed by atoms with Gasteiger partial charge in [0, 0.05) is 13.6 Å². The Bertz CT molecular complexity index is 661. The van der Waals surface area contributed by atoms with E-state index in [9.17, 15) is 13.2 Å². The zero-order valence-electron chi connectivity index (χ0n) is 12.8. The fraction of sp³-hybridized carbons (Fsp3) is 0.538. The Kier molecular flexibility index (Phi) is 5.30. The second-order valence-electron chi connectivity index (χ2n) is 5.09. The van der Waals surface area contributed by atoms with Crippen LogP contribution in [0.4, 0.5) is 0 Å². The van der Waals surface area contributed by atoms with Crippen molar-refractivity contribution in [3.63, 3.8) is 0 Å². The minimum Gasteiger partial charge on any atom is -0.481 e. The molecule has 0 saturated heterocycles. The number of aliphatic carboxylic acids is 1. The molecule has 0 bridgehead atoms. The number of nitrogens with zero attached hydrogens (tertiary/aromatic N) is 3. The van der Waals surface area contributed by atoms with E-state index in [1.807, 2.05) is 0 Å². The Morgan fingerprint density at radius 1 is 1.43 bits per heavy atom. The van der Waals surface area contributed by atoms with E-state index in [4.69, 9.17) is 5.11 Å². The van der Waals surface area contributed by atoms with Gasteiger partial charge in [-0.15, -0.1) is 0 Å². The quantitative estimate of drug-likeness (QED) is 0.763. The van der Waals surface area contributed by atoms with E-state index in [2.05, 4.69) is 11.7 Å². The Balaban J connectivity index is 3.18. The SMILES string of the molecule is C=C(C)CN(C)S(=O)(=O)c1c(C)nn(CCC(=O)O)c1C. The number of rotatable bonds is 7. The first kappa shape index (κ1) is 17.4. The number of carboxylic acids is 1. The number of likely N-dealkylation sites (N-methyl/N-ethyl adjacent to an activating group) is 1. The van der Waals surface area contributed by atoms with Gasteiger partial charge in [0.2, 0.25) is 10.0 Å². The predicted octanol–water partition coefficient (Wildman–Crippen LogP) is 1.17. The van der Waals surface area contributed by atoms with Gasteiger partial charge in [0.15, 0.2) is 0 Å². The highest BCUT2D eigenvalue weighted by Gasteiger charge is 2.28. The number of carboxylic acid groups (broad SMARTS) is 1. The lowest BCUT2D eigenvalue weighted by Crippen LogP contribution is -2.29. The topological polar surface area (TPSA) is 92.5 Å². The summed E-state index contributed by atoms with van der Waals surface area (Å²) >= 11 is 0. The molecule has 1 N–H and O–H groups in total. The van der Waals surface area contributed by atoms with Crippen molar-refractivity contribution in [3.05, 3.63) is 23.5 Å². The van der Waals surface area contributed by atoms with E-state index in [1.165, 1.54) is 16.0 Å². The average molecular weight is 315 g/mol. The molecule has 0 saturated carbocycles. The highest BCUT2D eigenvalue weighted by molar-refractivity contribution is 7.89. The molecule has 118 valence electrons. The molecular formula is C13H21N3O4S. The highest BCUT2D eigenvalue weighted by Crippen LogP contribution is 2.23. The maximum absolute atomic E-state index is 12.6. The lowest BCUT2D eigenvalue weighted by molar-refractivity contribution is -0.137. The number of carbonyl (C=O) groups is 1. The molecule has 0 aromatic carbocycles. The van der Waals surface area contributed by atoms with Gasteiger partial charge in [0.1, 0.15) is 4.90 Å². The molecule has 0 fully saturated rings. The summed E-state index contributed by atoms with van der Waals surface area (Å²) < 4.78 is 27.8. The number of aromatic nitrogens is 2. The molecule has 0 unspecified atom stereocenters. The van der Waals surface area contributed by atoms with E-state index in [-0.39, 0.29) is 24.4 Å². The fourth-order valence-corrected chi connectivity index (χ4v) is 3.69. The van der Waals surface area contributed by atoms with Crippen LogP contribution in [0.2, 0.25) is 0 Å². The zero-order valence-corrected chi connectivity index (χ0v) is 13.6. The average Bonchev–Trinajstić information content (AvgIpc) is 2.61. The second kappa shape index (κ2) is 6.40. The van der Waals surface area contributed by atoms with Crippen molar-refractivity contribution in [1.82, 2.24) is 14.1 Å². The van der Waals surface area contributed by atoms with Crippen molar-refractivity contribution in [3.8, 4) is 0 Å². The molecule has 0 spiro atoms. The molecule has 1 aromatic rings. The molecule has 21 heavy (non-hydrogen) atoms. The van der Waals surface area contributed by atoms with Crippen molar-refractivity contribution in [2.45, 2.75) is 38.6 Å². The van der Waals surface area contributed by atoms with Crippen LogP contribution in [0, 0.1) is 13.8 Å². The van der Waals surface area contributed by atoms with Crippen LogP contribution in [-0.2, 0) is 21.4 Å². The molecule has 8 heteroatoms. The van der Waals surface area contributed by atoms with Gasteiger partial charge in [0.25, 0.3) is 0 Å². The largest absolute Gasteiger partial charge is 0.481 e. The predicted molar refractivity (Wildman–Crippen MR) is 78.6 cm³/mol. The van der Waals surface area contributed by atoms with Crippen LogP contribution < -0.4 is 0 Å². The second-order valence-corrected chi connectivity index (χ2v) is 7.07. The van der Waals surface area contributed by atoms with Crippen LogP contribution in [0.3, 0.4) is 0 Å². The summed E-state index contributed by atoms with van der Waals surface area (Å²) in [4.78, 5) is 10.8. The maximum Gasteiger partial charge on any atom is 0.305 e. The van der Waals surface area contributed by atoms with Crippen molar-refractivity contribution in [2.24, 2.45) is 0 Å². The molecule has 0 aliphatic carbocycles. The monoisotopic (exact) mass is 315 g/mol. The van der Waals surface area contributed by atoms with E-state index in [1.54, 1.807) is 20.8 Å². The first-order valence-corrected chi connectivity index (χ1v) is 7.88. The van der Waals surface area contributed by atoms with Crippen LogP contribution in [0.5, 0.6) is 0 Å². The first-order valence-electron chi connectivity index (χ1n) is 6.44. The van der Waals surface area contributed by atoms with Crippen molar-refractivity contribution < 1.29 is 18.3 Å². The Hall–Kier alpha value is -1.67. The smallest absolute Gasteiger partial charge is 0.305 e. The summed E-state index contributed by atoms with van der Waals surface area (Å²) in [7, 11) is -2.19. The summed E-state index contributed by atoms with van der Waals surface area (Å²) in [5.41, 5.74) is 1.54. The summed E-state index contributed by atoms with van der Waals surface area (Å²) in [6, 6.07) is 0. The summed E-state index contributed by atoms with van der Waals surface area (Å²) in [5.74, 6) is -0.952. The molecule has 0 atom stereocenters. The molecule has 1 aromatic heterocycles. The van der Waals surface area contributed by atoms with Gasteiger partial charge in [-0.2, -0.15) is 9.40 Å². The third-order valence-corrected chi connectivity index (χ3v) is 5.07. The summed E-state index contributed by atoms with van der Waals surface area (Å²) in [5, 5.41) is 12.8. The molecule has 0 radical (unpaired) electrons.